The Bertz CT molecular complexity index is 808. The average Bonchev–Trinajstić information content (AvgIpc) is 3.01. The Labute approximate surface area is 167 Å². The van der Waals surface area contributed by atoms with Crippen molar-refractivity contribution in [3.05, 3.63) is 23.3 Å². The molecule has 1 aromatic rings. The number of aliphatic hydroxyl groups is 1. The summed E-state index contributed by atoms with van der Waals surface area (Å²) in [4.78, 5) is 2.62. The van der Waals surface area contributed by atoms with Gasteiger partial charge >= 0.3 is 0 Å². The van der Waals surface area contributed by atoms with Gasteiger partial charge in [0.05, 0.1) is 24.2 Å². The van der Waals surface area contributed by atoms with E-state index in [4.69, 9.17) is 14.2 Å². The molecule has 3 fully saturated rings. The van der Waals surface area contributed by atoms with Crippen LogP contribution in [0.2, 0.25) is 0 Å². The lowest BCUT2D eigenvalue weighted by Gasteiger charge is -2.64. The highest BCUT2D eigenvalue weighted by Crippen LogP contribution is 2.65. The summed E-state index contributed by atoms with van der Waals surface area (Å²) in [5, 5.41) is 12.3. The number of piperidine rings is 1. The van der Waals surface area contributed by atoms with E-state index in [0.717, 1.165) is 56.2 Å². The lowest BCUT2D eigenvalue weighted by Crippen LogP contribution is -2.77. The molecule has 1 saturated heterocycles. The predicted octanol–water partition coefficient (Wildman–Crippen LogP) is 2.66. The highest BCUT2D eigenvalue weighted by Gasteiger charge is 2.73. The summed E-state index contributed by atoms with van der Waals surface area (Å²) in [7, 11) is 3.48. The van der Waals surface area contributed by atoms with Gasteiger partial charge in [-0.1, -0.05) is 12.5 Å². The van der Waals surface area contributed by atoms with Crippen LogP contribution in [0.1, 0.15) is 49.7 Å². The second kappa shape index (κ2) is 5.87. The Balaban J connectivity index is 1.51. The highest BCUT2D eigenvalue weighted by atomic mass is 16.6. The summed E-state index contributed by atoms with van der Waals surface area (Å²) in [5.41, 5.74) is 1.44. The van der Waals surface area contributed by atoms with Gasteiger partial charge in [-0.15, -0.1) is 0 Å². The third-order valence-electron chi connectivity index (χ3n) is 8.74. The molecule has 5 atom stereocenters. The van der Waals surface area contributed by atoms with Crippen molar-refractivity contribution in [3.63, 3.8) is 0 Å². The predicted molar refractivity (Wildman–Crippen MR) is 105 cm³/mol. The van der Waals surface area contributed by atoms with E-state index in [0.29, 0.717) is 0 Å². The molecule has 152 valence electrons. The number of benzene rings is 1. The number of hydrogen-bond donors (Lipinski definition) is 1. The van der Waals surface area contributed by atoms with Gasteiger partial charge in [0.25, 0.3) is 0 Å². The van der Waals surface area contributed by atoms with Gasteiger partial charge < -0.3 is 19.3 Å². The molecule has 0 amide bonds. The van der Waals surface area contributed by atoms with Crippen molar-refractivity contribution >= 4 is 0 Å². The summed E-state index contributed by atoms with van der Waals surface area (Å²) in [5.74, 6) is 2.46. The maximum atomic E-state index is 12.3. The molecule has 28 heavy (non-hydrogen) atoms. The second-order valence-corrected chi connectivity index (χ2v) is 9.64. The third kappa shape index (κ3) is 1.93. The van der Waals surface area contributed by atoms with E-state index in [1.807, 2.05) is 6.07 Å². The number of methoxy groups -OCH3 is 2. The van der Waals surface area contributed by atoms with Crippen molar-refractivity contribution in [2.75, 3.05) is 27.3 Å². The minimum Gasteiger partial charge on any atom is -0.493 e. The van der Waals surface area contributed by atoms with Crippen LogP contribution in [0.5, 0.6) is 11.5 Å². The minimum absolute atomic E-state index is 0.0159. The van der Waals surface area contributed by atoms with E-state index >= 15 is 0 Å². The van der Waals surface area contributed by atoms with Crippen LogP contribution in [0.15, 0.2) is 12.1 Å². The fourth-order valence-corrected chi connectivity index (χ4v) is 7.20. The number of nitrogens with zero attached hydrogens (tertiary/aromatic N) is 1. The fourth-order valence-electron chi connectivity index (χ4n) is 7.20. The molecule has 5 nitrogen and oxygen atoms in total. The van der Waals surface area contributed by atoms with Crippen LogP contribution < -0.4 is 9.47 Å². The van der Waals surface area contributed by atoms with Crippen LogP contribution in [0, 0.1) is 5.92 Å². The number of likely N-dealkylation sites (tertiary alicyclic amines) is 1. The van der Waals surface area contributed by atoms with Gasteiger partial charge in [0.15, 0.2) is 11.5 Å². The van der Waals surface area contributed by atoms with Crippen LogP contribution in [-0.4, -0.2) is 61.2 Å². The fraction of sp³-hybridized carbons (Fsp3) is 0.739. The Kier molecular flexibility index (Phi) is 3.68. The number of rotatable bonds is 4. The van der Waals surface area contributed by atoms with Crippen molar-refractivity contribution in [1.29, 1.82) is 0 Å². The lowest BCUT2D eigenvalue weighted by molar-refractivity contribution is -0.213. The maximum absolute atomic E-state index is 12.3. The van der Waals surface area contributed by atoms with Crippen molar-refractivity contribution in [1.82, 2.24) is 4.90 Å². The third-order valence-corrected chi connectivity index (χ3v) is 8.74. The topological polar surface area (TPSA) is 51.2 Å². The first-order valence-corrected chi connectivity index (χ1v) is 11.0. The van der Waals surface area contributed by atoms with E-state index in [9.17, 15) is 5.11 Å². The number of hydrogen-bond acceptors (Lipinski definition) is 5. The largest absolute Gasteiger partial charge is 0.493 e. The molecule has 1 spiro atoms. The molecular formula is C23H31NO4. The normalized spacial score (nSPS) is 41.2. The van der Waals surface area contributed by atoms with E-state index in [2.05, 4.69) is 11.0 Å². The molecule has 2 heterocycles. The van der Waals surface area contributed by atoms with Crippen molar-refractivity contribution in [2.45, 2.75) is 74.2 Å². The standard InChI is InChI=1S/C23H31NO4/c1-26-16-7-6-15-12-18-23(25)9-8-17(27-2)21-22(23,19(15)20(16)28-21)10-11-24(18)13-14-4-3-5-14/h6-7,14,17-18,21,25H,3-5,8-13H2,1-2H3. The smallest absolute Gasteiger partial charge is 0.166 e. The molecule has 2 aliphatic heterocycles. The zero-order chi connectivity index (χ0) is 19.1. The molecule has 2 bridgehead atoms. The SMILES string of the molecule is COc1ccc2c3c1OC1C(OC)CCC4(O)C(C2)N(CC2CCC2)CCC314. The molecule has 5 aliphatic rings. The lowest BCUT2D eigenvalue weighted by atomic mass is 9.48. The van der Waals surface area contributed by atoms with Crippen molar-refractivity contribution < 1.29 is 19.3 Å². The Morgan fingerprint density at radius 1 is 1.21 bits per heavy atom. The van der Waals surface area contributed by atoms with Crippen LogP contribution in [-0.2, 0) is 16.6 Å². The average molecular weight is 386 g/mol. The monoisotopic (exact) mass is 385 g/mol. The van der Waals surface area contributed by atoms with Gasteiger partial charge in [-0.3, -0.25) is 4.90 Å². The van der Waals surface area contributed by atoms with Crippen molar-refractivity contribution in [2.24, 2.45) is 5.92 Å². The molecule has 1 aromatic carbocycles. The molecule has 5 unspecified atom stereocenters. The van der Waals surface area contributed by atoms with Crippen LogP contribution in [0.3, 0.4) is 0 Å². The van der Waals surface area contributed by atoms with Gasteiger partial charge in [0.1, 0.15) is 6.10 Å². The van der Waals surface area contributed by atoms with E-state index in [1.165, 1.54) is 30.4 Å². The maximum Gasteiger partial charge on any atom is 0.166 e. The molecule has 5 heteroatoms. The quantitative estimate of drug-likeness (QED) is 0.864. The van der Waals surface area contributed by atoms with Crippen LogP contribution >= 0.6 is 0 Å². The summed E-state index contributed by atoms with van der Waals surface area (Å²) in [6, 6.07) is 4.43. The van der Waals surface area contributed by atoms with Gasteiger partial charge in [0.2, 0.25) is 0 Å². The summed E-state index contributed by atoms with van der Waals surface area (Å²) >= 11 is 0. The summed E-state index contributed by atoms with van der Waals surface area (Å²) in [6.45, 7) is 2.18. The van der Waals surface area contributed by atoms with E-state index in [-0.39, 0.29) is 23.7 Å². The molecule has 1 N–H and O–H groups in total. The van der Waals surface area contributed by atoms with Gasteiger partial charge in [-0.25, -0.2) is 0 Å². The Hall–Kier alpha value is -1.30. The zero-order valence-corrected chi connectivity index (χ0v) is 16.9. The molecular weight excluding hydrogens is 354 g/mol. The Morgan fingerprint density at radius 2 is 2.07 bits per heavy atom. The van der Waals surface area contributed by atoms with Gasteiger partial charge in [0, 0.05) is 25.3 Å². The van der Waals surface area contributed by atoms with Gasteiger partial charge in [-0.2, -0.15) is 0 Å². The van der Waals surface area contributed by atoms with Crippen LogP contribution in [0.25, 0.3) is 0 Å². The summed E-state index contributed by atoms with van der Waals surface area (Å²) < 4.78 is 18.1. The second-order valence-electron chi connectivity index (χ2n) is 9.64. The number of ether oxygens (including phenoxy) is 3. The molecule has 2 saturated carbocycles. The van der Waals surface area contributed by atoms with Crippen molar-refractivity contribution in [3.8, 4) is 11.5 Å². The highest BCUT2D eigenvalue weighted by molar-refractivity contribution is 5.63. The first kappa shape index (κ1) is 17.5. The molecule has 3 aliphatic carbocycles. The van der Waals surface area contributed by atoms with E-state index < -0.39 is 5.60 Å². The molecule has 6 rings (SSSR count). The zero-order valence-electron chi connectivity index (χ0n) is 16.9. The van der Waals surface area contributed by atoms with E-state index in [1.54, 1.807) is 14.2 Å². The molecule has 0 radical (unpaired) electrons. The minimum atomic E-state index is -0.751. The first-order chi connectivity index (χ1) is 13.6. The van der Waals surface area contributed by atoms with Crippen LogP contribution in [0.4, 0.5) is 0 Å². The molecule has 0 aromatic heterocycles. The Morgan fingerprint density at radius 3 is 2.79 bits per heavy atom. The summed E-state index contributed by atoms with van der Waals surface area (Å²) in [6.07, 6.45) is 7.43. The van der Waals surface area contributed by atoms with Gasteiger partial charge in [-0.05, 0) is 62.6 Å². The first-order valence-electron chi connectivity index (χ1n) is 11.0.